The van der Waals surface area contributed by atoms with Crippen LogP contribution in [-0.2, 0) is 9.59 Å². The Morgan fingerprint density at radius 3 is 1.83 bits per heavy atom. The minimum Gasteiger partial charge on any atom is -0.352 e. The fourth-order valence-electron chi connectivity index (χ4n) is 1.32. The third-order valence-corrected chi connectivity index (χ3v) is 4.31. The van der Waals surface area contributed by atoms with Crippen molar-refractivity contribution < 1.29 is 9.59 Å². The largest absolute Gasteiger partial charge is 0.352 e. The van der Waals surface area contributed by atoms with Crippen LogP contribution in [0.3, 0.4) is 0 Å². The number of carbonyl (C=O) groups is 2. The van der Waals surface area contributed by atoms with Crippen molar-refractivity contribution >= 4 is 23.6 Å². The first-order valence-electron chi connectivity index (χ1n) is 5.73. The third kappa shape index (κ3) is 5.91. The molecule has 0 saturated carbocycles. The van der Waals surface area contributed by atoms with Crippen LogP contribution in [0.1, 0.15) is 13.8 Å². The molecule has 0 unspecified atom stereocenters. The lowest BCUT2D eigenvalue weighted by Gasteiger charge is -2.33. The highest BCUT2D eigenvalue weighted by Crippen LogP contribution is 2.29. The molecule has 0 aliphatic rings. The van der Waals surface area contributed by atoms with Crippen LogP contribution in [-0.4, -0.2) is 35.9 Å². The Morgan fingerprint density at radius 1 is 1.17 bits per heavy atom. The highest BCUT2D eigenvalue weighted by Gasteiger charge is 2.28. The van der Waals surface area contributed by atoms with Crippen molar-refractivity contribution in [3.8, 4) is 0 Å². The second kappa shape index (κ2) is 7.97. The van der Waals surface area contributed by atoms with Gasteiger partial charge in [-0.2, -0.15) is 11.8 Å². The van der Waals surface area contributed by atoms with E-state index < -0.39 is 0 Å². The van der Waals surface area contributed by atoms with Gasteiger partial charge in [-0.15, -0.1) is 0 Å². The Balaban J connectivity index is 4.52. The highest BCUT2D eigenvalue weighted by atomic mass is 32.2. The summed E-state index contributed by atoms with van der Waals surface area (Å²) in [5, 5.41) is 5.53. The molecule has 18 heavy (non-hydrogen) atoms. The second-order valence-corrected chi connectivity index (χ2v) is 5.86. The summed E-state index contributed by atoms with van der Waals surface area (Å²) >= 11 is 1.70. The lowest BCUT2D eigenvalue weighted by atomic mass is 9.94. The molecule has 0 fully saturated rings. The zero-order valence-corrected chi connectivity index (χ0v) is 12.1. The summed E-state index contributed by atoms with van der Waals surface area (Å²) < 4.78 is -0.0527. The highest BCUT2D eigenvalue weighted by molar-refractivity contribution is 7.99. The molecule has 0 aromatic carbocycles. The molecule has 2 amide bonds. The number of nitrogens with one attached hydrogen (secondary N) is 2. The fourth-order valence-corrected chi connectivity index (χ4v) is 1.82. The molecule has 0 aromatic rings. The number of hydrogen-bond acceptors (Lipinski definition) is 3. The van der Waals surface area contributed by atoms with E-state index in [2.05, 4.69) is 37.6 Å². The third-order valence-electron chi connectivity index (χ3n) is 2.93. The van der Waals surface area contributed by atoms with Gasteiger partial charge in [-0.05, 0) is 18.4 Å². The van der Waals surface area contributed by atoms with Crippen LogP contribution in [0.15, 0.2) is 25.3 Å². The molecule has 0 radical (unpaired) electrons. The van der Waals surface area contributed by atoms with Crippen LogP contribution in [0.2, 0.25) is 0 Å². The van der Waals surface area contributed by atoms with E-state index in [-0.39, 0.29) is 22.5 Å². The predicted octanol–water partition coefficient (Wildman–Crippen LogP) is 1.35. The van der Waals surface area contributed by atoms with Crippen molar-refractivity contribution in [2.24, 2.45) is 5.92 Å². The van der Waals surface area contributed by atoms with Gasteiger partial charge in [0.2, 0.25) is 11.8 Å². The van der Waals surface area contributed by atoms with E-state index in [0.717, 1.165) is 0 Å². The maximum Gasteiger partial charge on any atom is 0.243 e. The molecule has 0 heterocycles. The van der Waals surface area contributed by atoms with E-state index in [1.54, 1.807) is 11.8 Å². The maximum absolute atomic E-state index is 11.2. The standard InChI is InChI=1S/C13H22N2O2S/c1-6-11(16)14-8-10(13(3,4)18-5)9-15-12(17)7-2/h6-7,10H,1-2,8-9H2,3-5H3,(H,14,16)(H,15,17). The van der Waals surface area contributed by atoms with Crippen LogP contribution in [0, 0.1) is 5.92 Å². The van der Waals surface area contributed by atoms with Gasteiger partial charge < -0.3 is 10.6 Å². The van der Waals surface area contributed by atoms with E-state index in [0.29, 0.717) is 13.1 Å². The van der Waals surface area contributed by atoms with Gasteiger partial charge in [0.15, 0.2) is 0 Å². The number of rotatable bonds is 8. The maximum atomic E-state index is 11.2. The van der Waals surface area contributed by atoms with Crippen molar-refractivity contribution in [2.45, 2.75) is 18.6 Å². The van der Waals surface area contributed by atoms with Crippen molar-refractivity contribution in [3.63, 3.8) is 0 Å². The molecule has 0 atom stereocenters. The molecule has 0 aliphatic carbocycles. The van der Waals surface area contributed by atoms with Crippen molar-refractivity contribution in [2.75, 3.05) is 19.3 Å². The summed E-state index contributed by atoms with van der Waals surface area (Å²) in [4.78, 5) is 22.4. The number of hydrogen-bond donors (Lipinski definition) is 2. The molecular formula is C13H22N2O2S. The number of thioether (sulfide) groups is 1. The molecule has 0 rings (SSSR count). The average Bonchev–Trinajstić information content (AvgIpc) is 2.37. The van der Waals surface area contributed by atoms with Gasteiger partial charge in [-0.1, -0.05) is 27.0 Å². The summed E-state index contributed by atoms with van der Waals surface area (Å²) in [5.41, 5.74) is 0. The molecule has 0 saturated heterocycles. The minimum atomic E-state index is -0.202. The zero-order valence-electron chi connectivity index (χ0n) is 11.3. The zero-order chi connectivity index (χ0) is 14.2. The lowest BCUT2D eigenvalue weighted by molar-refractivity contribution is -0.116. The first-order valence-corrected chi connectivity index (χ1v) is 6.95. The Hall–Kier alpha value is -1.23. The predicted molar refractivity (Wildman–Crippen MR) is 77.5 cm³/mol. The molecule has 102 valence electrons. The molecule has 4 nitrogen and oxygen atoms in total. The van der Waals surface area contributed by atoms with E-state index in [1.807, 2.05) is 6.26 Å². The average molecular weight is 270 g/mol. The first-order chi connectivity index (χ1) is 8.37. The van der Waals surface area contributed by atoms with Crippen LogP contribution in [0.4, 0.5) is 0 Å². The number of carbonyl (C=O) groups excluding carboxylic acids is 2. The normalized spacial score (nSPS) is 10.9. The van der Waals surface area contributed by atoms with Gasteiger partial charge in [0.25, 0.3) is 0 Å². The summed E-state index contributed by atoms with van der Waals surface area (Å²) in [6.07, 6.45) is 4.49. The minimum absolute atomic E-state index is 0.0527. The quantitative estimate of drug-likeness (QED) is 0.655. The van der Waals surface area contributed by atoms with Gasteiger partial charge in [-0.3, -0.25) is 9.59 Å². The Morgan fingerprint density at radius 2 is 1.56 bits per heavy atom. The fraction of sp³-hybridized carbons (Fsp3) is 0.538. The molecule has 0 aromatic heterocycles. The van der Waals surface area contributed by atoms with Gasteiger partial charge in [-0.25, -0.2) is 0 Å². The van der Waals surface area contributed by atoms with E-state index in [4.69, 9.17) is 0 Å². The lowest BCUT2D eigenvalue weighted by Crippen LogP contribution is -2.44. The molecule has 0 bridgehead atoms. The van der Waals surface area contributed by atoms with Gasteiger partial charge in [0, 0.05) is 23.8 Å². The van der Waals surface area contributed by atoms with E-state index in [9.17, 15) is 9.59 Å². The SMILES string of the molecule is C=CC(=O)NCC(CNC(=O)C=C)C(C)(C)SC. The monoisotopic (exact) mass is 270 g/mol. The summed E-state index contributed by atoms with van der Waals surface area (Å²) in [5.74, 6) is -0.279. The van der Waals surface area contributed by atoms with Crippen LogP contribution in [0.5, 0.6) is 0 Å². The smallest absolute Gasteiger partial charge is 0.243 e. The summed E-state index contributed by atoms with van der Waals surface area (Å²) in [6, 6.07) is 0. The molecule has 5 heteroatoms. The summed E-state index contributed by atoms with van der Waals surface area (Å²) in [7, 11) is 0. The topological polar surface area (TPSA) is 58.2 Å². The van der Waals surface area contributed by atoms with Crippen LogP contribution in [0.25, 0.3) is 0 Å². The van der Waals surface area contributed by atoms with Gasteiger partial charge in [0.1, 0.15) is 0 Å². The number of amides is 2. The van der Waals surface area contributed by atoms with Gasteiger partial charge >= 0.3 is 0 Å². The van der Waals surface area contributed by atoms with Gasteiger partial charge in [0.05, 0.1) is 0 Å². The molecular weight excluding hydrogens is 248 g/mol. The molecule has 2 N–H and O–H groups in total. The molecule has 0 aliphatic heterocycles. The van der Waals surface area contributed by atoms with Crippen LogP contribution < -0.4 is 10.6 Å². The molecule has 0 spiro atoms. The summed E-state index contributed by atoms with van der Waals surface area (Å²) in [6.45, 7) is 12.0. The Labute approximate surface area is 113 Å². The van der Waals surface area contributed by atoms with Crippen molar-refractivity contribution in [1.29, 1.82) is 0 Å². The van der Waals surface area contributed by atoms with Crippen LogP contribution >= 0.6 is 11.8 Å². The van der Waals surface area contributed by atoms with E-state index in [1.165, 1.54) is 12.2 Å². The van der Waals surface area contributed by atoms with E-state index >= 15 is 0 Å². The van der Waals surface area contributed by atoms with Crippen molar-refractivity contribution in [1.82, 2.24) is 10.6 Å². The second-order valence-electron chi connectivity index (χ2n) is 4.40. The van der Waals surface area contributed by atoms with Crippen molar-refractivity contribution in [3.05, 3.63) is 25.3 Å². The Kier molecular flexibility index (Phi) is 7.43. The first kappa shape index (κ1) is 16.8. The Bertz CT molecular complexity index is 303.